The van der Waals surface area contributed by atoms with Crippen LogP contribution in [0.4, 0.5) is 5.69 Å². The van der Waals surface area contributed by atoms with E-state index in [1.165, 1.54) is 0 Å². The minimum atomic E-state index is 0.183. The van der Waals surface area contributed by atoms with Crippen molar-refractivity contribution in [1.82, 2.24) is 24.5 Å². The molecule has 2 aromatic heterocycles. The fourth-order valence-corrected chi connectivity index (χ4v) is 5.83. The molecule has 4 heterocycles. The van der Waals surface area contributed by atoms with Gasteiger partial charge in [0.2, 0.25) is 0 Å². The Bertz CT molecular complexity index is 1220. The van der Waals surface area contributed by atoms with Crippen LogP contribution in [0, 0.1) is 5.92 Å². The van der Waals surface area contributed by atoms with Gasteiger partial charge in [-0.2, -0.15) is 10.2 Å². The average Bonchev–Trinajstić information content (AvgIpc) is 3.42. The summed E-state index contributed by atoms with van der Waals surface area (Å²) in [6.45, 7) is 9.75. The Labute approximate surface area is 204 Å². The summed E-state index contributed by atoms with van der Waals surface area (Å²) < 4.78 is 9.39. The van der Waals surface area contributed by atoms with E-state index in [0.29, 0.717) is 18.2 Å². The molecule has 34 heavy (non-hydrogen) atoms. The van der Waals surface area contributed by atoms with Gasteiger partial charge in [0.05, 0.1) is 59.6 Å². The largest absolute Gasteiger partial charge is 0.377 e. The lowest BCUT2D eigenvalue weighted by Crippen LogP contribution is -2.64. The highest BCUT2D eigenvalue weighted by molar-refractivity contribution is 6.34. The number of fused-ring (bicyclic) bond motifs is 1. The van der Waals surface area contributed by atoms with Gasteiger partial charge in [0.25, 0.3) is 0 Å². The molecular weight excluding hydrogens is 452 g/mol. The number of hydrogen-bond donors (Lipinski definition) is 0. The predicted octanol–water partition coefficient (Wildman–Crippen LogP) is 3.72. The van der Waals surface area contributed by atoms with Gasteiger partial charge >= 0.3 is 0 Å². The average molecular weight is 483 g/mol. The molecule has 3 fully saturated rings. The van der Waals surface area contributed by atoms with E-state index in [1.54, 1.807) is 0 Å². The molecule has 8 nitrogen and oxygen atoms in total. The number of piperazine rings is 1. The first kappa shape index (κ1) is 22.1. The summed E-state index contributed by atoms with van der Waals surface area (Å²) in [7, 11) is 0. The van der Waals surface area contributed by atoms with Crippen molar-refractivity contribution in [2.24, 2.45) is 5.92 Å². The van der Waals surface area contributed by atoms with Crippen LogP contribution >= 0.6 is 11.6 Å². The van der Waals surface area contributed by atoms with Crippen molar-refractivity contribution in [3.8, 4) is 5.69 Å². The van der Waals surface area contributed by atoms with Gasteiger partial charge in [-0.25, -0.2) is 4.68 Å². The Balaban J connectivity index is 1.21. The zero-order valence-electron chi connectivity index (χ0n) is 19.8. The number of aromatic nitrogens is 4. The van der Waals surface area contributed by atoms with Crippen LogP contribution in [0.15, 0.2) is 30.7 Å². The van der Waals surface area contributed by atoms with Crippen LogP contribution in [0.2, 0.25) is 5.02 Å². The van der Waals surface area contributed by atoms with Gasteiger partial charge in [-0.05, 0) is 31.9 Å². The molecule has 0 amide bonds. The van der Waals surface area contributed by atoms with E-state index in [9.17, 15) is 4.79 Å². The van der Waals surface area contributed by atoms with Gasteiger partial charge in [-0.3, -0.25) is 14.4 Å². The maximum Gasteiger partial charge on any atom is 0.135 e. The Morgan fingerprint density at radius 3 is 2.59 bits per heavy atom. The summed E-state index contributed by atoms with van der Waals surface area (Å²) >= 11 is 6.72. The number of ether oxygens (including phenoxy) is 1. The van der Waals surface area contributed by atoms with Crippen LogP contribution in [0.3, 0.4) is 0 Å². The SMILES string of the molecule is CCC(=O)C1CC(n2cc(-n3ncc4cc(Cl)c(N5CCN(C6(C)COC6)CC5)cc43)cn2)C1. The molecule has 1 aliphatic carbocycles. The first-order valence-corrected chi connectivity index (χ1v) is 12.7. The highest BCUT2D eigenvalue weighted by atomic mass is 35.5. The quantitative estimate of drug-likeness (QED) is 0.533. The highest BCUT2D eigenvalue weighted by Gasteiger charge is 2.40. The first-order valence-electron chi connectivity index (χ1n) is 12.3. The lowest BCUT2D eigenvalue weighted by molar-refractivity contribution is -0.131. The minimum Gasteiger partial charge on any atom is -0.377 e. The monoisotopic (exact) mass is 482 g/mol. The topological polar surface area (TPSA) is 68.4 Å². The number of anilines is 1. The van der Waals surface area contributed by atoms with E-state index in [2.05, 4.69) is 33.0 Å². The molecule has 0 N–H and O–H groups in total. The molecule has 180 valence electrons. The van der Waals surface area contributed by atoms with Crippen molar-refractivity contribution in [3.63, 3.8) is 0 Å². The number of benzene rings is 1. The van der Waals surface area contributed by atoms with Crippen LogP contribution in [0.25, 0.3) is 16.6 Å². The fraction of sp³-hybridized carbons (Fsp3) is 0.560. The van der Waals surface area contributed by atoms with Crippen molar-refractivity contribution in [2.75, 3.05) is 44.3 Å². The van der Waals surface area contributed by atoms with Gasteiger partial charge in [-0.15, -0.1) is 0 Å². The van der Waals surface area contributed by atoms with Crippen LogP contribution in [0.1, 0.15) is 39.2 Å². The summed E-state index contributed by atoms with van der Waals surface area (Å²) in [6, 6.07) is 4.46. The zero-order valence-corrected chi connectivity index (χ0v) is 20.5. The Hall–Kier alpha value is -2.42. The van der Waals surface area contributed by atoms with E-state index in [0.717, 1.165) is 79.5 Å². The van der Waals surface area contributed by atoms with Crippen molar-refractivity contribution < 1.29 is 9.53 Å². The third-order valence-corrected chi connectivity index (χ3v) is 8.27. The molecule has 1 saturated carbocycles. The van der Waals surface area contributed by atoms with E-state index >= 15 is 0 Å². The van der Waals surface area contributed by atoms with Crippen LogP contribution in [-0.4, -0.2) is 75.2 Å². The van der Waals surface area contributed by atoms with Gasteiger partial charge in [0.15, 0.2) is 0 Å². The Morgan fingerprint density at radius 2 is 1.91 bits per heavy atom. The van der Waals surface area contributed by atoms with Crippen molar-refractivity contribution in [1.29, 1.82) is 0 Å². The Kier molecular flexibility index (Phi) is 5.43. The lowest BCUT2D eigenvalue weighted by Gasteiger charge is -2.50. The predicted molar refractivity (Wildman–Crippen MR) is 132 cm³/mol. The third-order valence-electron chi connectivity index (χ3n) is 7.97. The molecule has 0 bridgehead atoms. The van der Waals surface area contributed by atoms with Crippen LogP contribution < -0.4 is 4.90 Å². The van der Waals surface area contributed by atoms with Crippen LogP contribution in [-0.2, 0) is 9.53 Å². The van der Waals surface area contributed by atoms with Crippen LogP contribution in [0.5, 0.6) is 0 Å². The first-order chi connectivity index (χ1) is 16.4. The van der Waals surface area contributed by atoms with E-state index in [1.807, 2.05) is 40.9 Å². The molecule has 0 radical (unpaired) electrons. The van der Waals surface area contributed by atoms with Crippen molar-refractivity contribution in [2.45, 2.75) is 44.7 Å². The molecule has 2 aliphatic heterocycles. The van der Waals surface area contributed by atoms with Gasteiger partial charge in [-0.1, -0.05) is 18.5 Å². The van der Waals surface area contributed by atoms with E-state index in [4.69, 9.17) is 16.3 Å². The molecule has 0 spiro atoms. The van der Waals surface area contributed by atoms with Crippen molar-refractivity contribution >= 4 is 34.0 Å². The summed E-state index contributed by atoms with van der Waals surface area (Å²) in [5.74, 6) is 0.555. The molecule has 3 aromatic rings. The second-order valence-corrected chi connectivity index (χ2v) is 10.6. The normalized spacial score (nSPS) is 24.7. The number of carbonyl (C=O) groups is 1. The maximum atomic E-state index is 11.9. The third kappa shape index (κ3) is 3.63. The smallest absolute Gasteiger partial charge is 0.135 e. The molecule has 0 atom stereocenters. The maximum absolute atomic E-state index is 11.9. The Morgan fingerprint density at radius 1 is 1.15 bits per heavy atom. The molecule has 9 heteroatoms. The second-order valence-electron chi connectivity index (χ2n) is 10.2. The zero-order chi connectivity index (χ0) is 23.4. The van der Waals surface area contributed by atoms with Gasteiger partial charge in [0.1, 0.15) is 11.5 Å². The molecule has 1 aromatic carbocycles. The highest BCUT2D eigenvalue weighted by Crippen LogP contribution is 2.39. The summed E-state index contributed by atoms with van der Waals surface area (Å²) in [6.07, 6.45) is 8.13. The van der Waals surface area contributed by atoms with E-state index in [-0.39, 0.29) is 11.5 Å². The number of rotatable bonds is 6. The standard InChI is InChI=1S/C25H31ClN6O2/c1-3-24(33)17-8-19(9-17)31-14-20(13-27-31)32-22-11-23(21(26)10-18(22)12-28-32)29-4-6-30(7-5-29)25(2)15-34-16-25/h10-14,17,19H,3-9,15-16H2,1-2H3. The molecule has 6 rings (SSSR count). The number of nitrogens with zero attached hydrogens (tertiary/aromatic N) is 6. The number of hydrogen-bond acceptors (Lipinski definition) is 6. The second kappa shape index (κ2) is 8.36. The van der Waals surface area contributed by atoms with E-state index < -0.39 is 0 Å². The summed E-state index contributed by atoms with van der Waals surface area (Å²) in [4.78, 5) is 16.8. The van der Waals surface area contributed by atoms with Gasteiger partial charge in [0, 0.05) is 43.9 Å². The van der Waals surface area contributed by atoms with Gasteiger partial charge < -0.3 is 9.64 Å². The minimum absolute atomic E-state index is 0.183. The lowest BCUT2D eigenvalue weighted by atomic mass is 9.77. The summed E-state index contributed by atoms with van der Waals surface area (Å²) in [5.41, 5.74) is 3.19. The molecule has 0 unspecified atom stereocenters. The number of halogens is 1. The molecular formula is C25H31ClN6O2. The number of ketones is 1. The fourth-order valence-electron chi connectivity index (χ4n) is 5.54. The van der Waals surface area contributed by atoms with Crippen molar-refractivity contribution in [3.05, 3.63) is 35.7 Å². The summed E-state index contributed by atoms with van der Waals surface area (Å²) in [5, 5.41) is 11.0. The number of carbonyl (C=O) groups excluding carboxylic acids is 1. The molecule has 2 saturated heterocycles. The molecule has 3 aliphatic rings. The number of Topliss-reactive ketones (excluding diaryl/α,β-unsaturated/α-hetero) is 1.